The van der Waals surface area contributed by atoms with Gasteiger partial charge in [0, 0.05) is 0 Å². The molecule has 41 heavy (non-hydrogen) atoms. The van der Waals surface area contributed by atoms with Crippen molar-refractivity contribution in [1.29, 1.82) is 0 Å². The summed E-state index contributed by atoms with van der Waals surface area (Å²) in [5.74, 6) is 0. The topological polar surface area (TPSA) is 0 Å². The molecular weight excluding hydrogens is 871 g/mol. The van der Waals surface area contributed by atoms with Crippen molar-refractivity contribution >= 4 is 0 Å². The maximum atomic E-state index is 2.31. The van der Waals surface area contributed by atoms with Crippen LogP contribution in [0.25, 0.3) is 0 Å². The van der Waals surface area contributed by atoms with Gasteiger partial charge in [-0.05, 0) is 0 Å². The third-order valence-electron chi connectivity index (χ3n) is 5.53. The summed E-state index contributed by atoms with van der Waals surface area (Å²) in [5.41, 5.74) is 8.73. The van der Waals surface area contributed by atoms with Crippen LogP contribution in [0.3, 0.4) is 0 Å². The molecule has 0 saturated carbocycles. The third-order valence-corrected chi connectivity index (χ3v) is 5.53. The minimum absolute atomic E-state index is 0. The van der Waals surface area contributed by atoms with Crippen molar-refractivity contribution in [2.45, 2.75) is 80.1 Å². The van der Waals surface area contributed by atoms with E-state index in [4.69, 9.17) is 0 Å². The zero-order valence-electron chi connectivity index (χ0n) is 25.1. The summed E-state index contributed by atoms with van der Waals surface area (Å²) >= 11 is 0. The molecule has 0 fully saturated rings. The maximum absolute atomic E-state index is 2.31. The molecule has 0 unspecified atom stereocenters. The fraction of sp³-hybridized carbons (Fsp3) is 0.375. The molecule has 0 aliphatic heterocycles. The zero-order chi connectivity index (χ0) is 23.6. The van der Waals surface area contributed by atoms with Crippen molar-refractivity contribution in [3.63, 3.8) is 0 Å². The molecule has 0 aliphatic carbocycles. The molecule has 224 valence electrons. The van der Waals surface area contributed by atoms with Crippen molar-refractivity contribution in [2.24, 2.45) is 0 Å². The van der Waals surface area contributed by atoms with E-state index < -0.39 is 0 Å². The monoisotopic (exact) mass is 908 g/mol. The summed E-state index contributed by atoms with van der Waals surface area (Å²) in [4.78, 5) is 0. The predicted octanol–water partition coefficient (Wildman–Crippen LogP) is -8.71. The number of hydrogen-bond acceptors (Lipinski definition) is 0. The van der Waals surface area contributed by atoms with Gasteiger partial charge in [0.2, 0.25) is 0 Å². The van der Waals surface area contributed by atoms with E-state index in [0.717, 1.165) is 0 Å². The Morgan fingerprint density at radius 1 is 0.585 bits per heavy atom. The van der Waals surface area contributed by atoms with Gasteiger partial charge < -0.3 is 74.4 Å². The van der Waals surface area contributed by atoms with Gasteiger partial charge in [0.25, 0.3) is 0 Å². The summed E-state index contributed by atoms with van der Waals surface area (Å²) < 4.78 is 0. The second-order valence-corrected chi connectivity index (χ2v) is 8.32. The first-order chi connectivity index (χ1) is 15.5. The smallest absolute Gasteiger partial charge is 1.00 e. The predicted molar refractivity (Wildman–Crippen MR) is 144 cm³/mol. The summed E-state index contributed by atoms with van der Waals surface area (Å²) in [6.07, 6.45) is 7.33. The molecule has 0 aliphatic rings. The molecular formula is C32H44Cl6Zr3+2. The normalized spacial score (nSPS) is 7.56. The average Bonchev–Trinajstić information content (AvgIpc) is 3.61. The Morgan fingerprint density at radius 3 is 1.15 bits per heavy atom. The molecule has 0 N–H and O–H groups in total. The third kappa shape index (κ3) is 33.0. The fourth-order valence-electron chi connectivity index (χ4n) is 3.35. The fourth-order valence-corrected chi connectivity index (χ4v) is 3.35. The minimum Gasteiger partial charge on any atom is -1.00 e. The van der Waals surface area contributed by atoms with Crippen LogP contribution in [0.5, 0.6) is 0 Å². The van der Waals surface area contributed by atoms with Crippen LogP contribution in [0.2, 0.25) is 0 Å². The number of rotatable bonds is 6. The molecule has 9 heteroatoms. The van der Waals surface area contributed by atoms with Crippen LogP contribution in [0.4, 0.5) is 0 Å². The number of halogens is 6. The molecule has 0 saturated heterocycles. The molecule has 0 bridgehead atoms. The van der Waals surface area contributed by atoms with Crippen LogP contribution < -0.4 is 74.4 Å². The largest absolute Gasteiger partial charge is 4.00 e. The molecule has 0 nitrogen and oxygen atoms in total. The second-order valence-electron chi connectivity index (χ2n) is 8.32. The molecule has 0 heterocycles. The molecule has 0 atom stereocenters. The first-order valence-electron chi connectivity index (χ1n) is 12.4. The summed E-state index contributed by atoms with van der Waals surface area (Å²) in [5, 5.41) is 0. The average molecular weight is 915 g/mol. The van der Waals surface area contributed by atoms with Crippen molar-refractivity contribution in [2.75, 3.05) is 0 Å². The summed E-state index contributed by atoms with van der Waals surface area (Å²) in [6, 6.07) is 29.9. The minimum atomic E-state index is 0. The second kappa shape index (κ2) is 43.9. The quantitative estimate of drug-likeness (QED) is 0.169. The van der Waals surface area contributed by atoms with Gasteiger partial charge in [-0.1, -0.05) is 80.1 Å². The molecule has 4 rings (SSSR count). The van der Waals surface area contributed by atoms with Gasteiger partial charge in [-0.3, -0.25) is 0 Å². The maximum Gasteiger partial charge on any atom is 4.00 e. The van der Waals surface area contributed by atoms with E-state index in [-0.39, 0.29) is 153 Å². The van der Waals surface area contributed by atoms with Crippen molar-refractivity contribution < 1.29 is 153 Å². The first-order valence-corrected chi connectivity index (χ1v) is 12.4. The number of aryl methyl sites for hydroxylation is 6. The van der Waals surface area contributed by atoms with Gasteiger partial charge in [-0.2, -0.15) is 81.9 Å². The van der Waals surface area contributed by atoms with Gasteiger partial charge >= 0.3 is 78.6 Å². The van der Waals surface area contributed by atoms with Crippen molar-refractivity contribution in [3.05, 3.63) is 118 Å². The van der Waals surface area contributed by atoms with Gasteiger partial charge in [0.15, 0.2) is 0 Å². The van der Waals surface area contributed by atoms with E-state index in [1.807, 2.05) is 30.3 Å². The standard InChI is InChI=1S/2C10H15.C7H9.C5H5.6ClH.3Zr/c2*1-3-5-10-7-6-9(4-2)8-10;1-6-4-3-5-7(6)2;1-2-4-5-3-1;;;;;;;;;/h2*6-8H,3-5H2,1-2H3;3-5H,1-2H3;1-5H;6*1H;;;/q4*-1;;;;;;;3*+4/p-6. The Morgan fingerprint density at radius 2 is 0.976 bits per heavy atom. The molecule has 0 radical (unpaired) electrons. The summed E-state index contributed by atoms with van der Waals surface area (Å²) in [7, 11) is 0. The van der Waals surface area contributed by atoms with E-state index >= 15 is 0 Å². The SMILES string of the molecule is CCCc1cc[c-](CC)c1.CCCc1cc[c-](CC)c1.Cc1ccc[c-]1C.[Cl-].[Cl-].[Cl-].[Cl-].[Cl-].[Cl-].[Zr+4].[Zr+4].[Zr+4].c1cc[cH-]c1. The van der Waals surface area contributed by atoms with Crippen LogP contribution in [-0.2, 0) is 104 Å². The Hall–Kier alpha value is 1.79. The molecule has 0 amide bonds. The Labute approximate surface area is 347 Å². The number of hydrogen-bond donors (Lipinski definition) is 0. The summed E-state index contributed by atoms with van der Waals surface area (Å²) in [6.45, 7) is 13.1. The van der Waals surface area contributed by atoms with Gasteiger partial charge in [-0.25, -0.2) is 36.4 Å². The zero-order valence-corrected chi connectivity index (χ0v) is 37.0. The van der Waals surface area contributed by atoms with Gasteiger partial charge in [0.1, 0.15) is 0 Å². The molecule has 4 aromatic rings. The van der Waals surface area contributed by atoms with Crippen LogP contribution in [-0.4, -0.2) is 0 Å². The van der Waals surface area contributed by atoms with Crippen LogP contribution in [0.1, 0.15) is 73.9 Å². The van der Waals surface area contributed by atoms with E-state index in [1.165, 1.54) is 71.9 Å². The Kier molecular flexibility index (Phi) is 70.1. The first kappa shape index (κ1) is 65.4. The van der Waals surface area contributed by atoms with Gasteiger partial charge in [0.05, 0.1) is 0 Å². The Bertz CT molecular complexity index is 853. The van der Waals surface area contributed by atoms with Crippen LogP contribution in [0, 0.1) is 13.8 Å². The van der Waals surface area contributed by atoms with E-state index in [9.17, 15) is 0 Å². The molecule has 0 aromatic heterocycles. The van der Waals surface area contributed by atoms with Crippen molar-refractivity contribution in [3.8, 4) is 0 Å². The van der Waals surface area contributed by atoms with Crippen LogP contribution in [0.15, 0.2) is 84.9 Å². The van der Waals surface area contributed by atoms with E-state index in [1.54, 1.807) is 0 Å². The van der Waals surface area contributed by atoms with E-state index in [0.29, 0.717) is 0 Å². The van der Waals surface area contributed by atoms with Crippen molar-refractivity contribution in [1.82, 2.24) is 0 Å². The van der Waals surface area contributed by atoms with Gasteiger partial charge in [-0.15, -0.1) is 0 Å². The Balaban J connectivity index is -0.0000000453. The van der Waals surface area contributed by atoms with Crippen LogP contribution >= 0.6 is 0 Å². The van der Waals surface area contributed by atoms with E-state index in [2.05, 4.69) is 96.1 Å². The molecule has 4 aromatic carbocycles. The molecule has 0 spiro atoms.